The van der Waals surface area contributed by atoms with Gasteiger partial charge >= 0.3 is 0 Å². The highest BCUT2D eigenvalue weighted by molar-refractivity contribution is 7.99. The fourth-order valence-electron chi connectivity index (χ4n) is 2.47. The van der Waals surface area contributed by atoms with Gasteiger partial charge in [0.2, 0.25) is 0 Å². The molecular weight excluding hydrogens is 322 g/mol. The van der Waals surface area contributed by atoms with Crippen molar-refractivity contribution < 1.29 is 9.47 Å². The van der Waals surface area contributed by atoms with Crippen molar-refractivity contribution in [2.45, 2.75) is 9.79 Å². The van der Waals surface area contributed by atoms with Crippen molar-refractivity contribution in [3.63, 3.8) is 0 Å². The molecular formula is C18H23N3O2S. The van der Waals surface area contributed by atoms with Crippen LogP contribution in [0.2, 0.25) is 0 Å². The summed E-state index contributed by atoms with van der Waals surface area (Å²) in [6.45, 7) is 5.25. The summed E-state index contributed by atoms with van der Waals surface area (Å²) in [5.74, 6) is 0.893. The molecule has 0 saturated carbocycles. The molecule has 0 unspecified atom stereocenters. The quantitative estimate of drug-likeness (QED) is 0.784. The lowest BCUT2D eigenvalue weighted by atomic mass is 10.3. The van der Waals surface area contributed by atoms with Gasteiger partial charge in [0.15, 0.2) is 0 Å². The number of nitrogens with two attached hydrogens (primary N) is 2. The third-order valence-corrected chi connectivity index (χ3v) is 4.90. The van der Waals surface area contributed by atoms with E-state index in [1.165, 1.54) is 0 Å². The molecule has 0 bridgehead atoms. The molecule has 0 spiro atoms. The van der Waals surface area contributed by atoms with Gasteiger partial charge in [-0.25, -0.2) is 0 Å². The minimum absolute atomic E-state index is 0.614. The second-order valence-corrected chi connectivity index (χ2v) is 6.81. The molecule has 1 aliphatic heterocycles. The summed E-state index contributed by atoms with van der Waals surface area (Å²) >= 11 is 1.65. The first-order valence-corrected chi connectivity index (χ1v) is 8.88. The summed E-state index contributed by atoms with van der Waals surface area (Å²) in [5.41, 5.74) is 12.8. The molecule has 5 nitrogen and oxygen atoms in total. The van der Waals surface area contributed by atoms with E-state index >= 15 is 0 Å². The van der Waals surface area contributed by atoms with Crippen molar-refractivity contribution in [2.24, 2.45) is 0 Å². The average molecular weight is 345 g/mol. The maximum atomic E-state index is 5.84. The molecule has 0 aliphatic carbocycles. The number of anilines is 2. The van der Waals surface area contributed by atoms with E-state index < -0.39 is 0 Å². The number of hydrogen-bond donors (Lipinski definition) is 2. The number of rotatable bonds is 6. The predicted octanol–water partition coefficient (Wildman–Crippen LogP) is 2.71. The molecule has 2 aromatic carbocycles. The van der Waals surface area contributed by atoms with Crippen molar-refractivity contribution in [3.8, 4) is 5.75 Å². The summed E-state index contributed by atoms with van der Waals surface area (Å²) in [6, 6.07) is 13.8. The second kappa shape index (κ2) is 8.28. The van der Waals surface area contributed by atoms with Crippen LogP contribution in [0.1, 0.15) is 0 Å². The molecule has 24 heavy (non-hydrogen) atoms. The summed E-state index contributed by atoms with van der Waals surface area (Å²) in [7, 11) is 0. The number of morpholine rings is 1. The van der Waals surface area contributed by atoms with Gasteiger partial charge in [0, 0.05) is 29.4 Å². The van der Waals surface area contributed by atoms with E-state index in [9.17, 15) is 0 Å². The minimum Gasteiger partial charge on any atom is -0.492 e. The van der Waals surface area contributed by atoms with Crippen LogP contribution in [-0.4, -0.2) is 44.4 Å². The first kappa shape index (κ1) is 17.0. The van der Waals surface area contributed by atoms with Crippen molar-refractivity contribution in [1.82, 2.24) is 4.90 Å². The Bertz CT molecular complexity index is 658. The topological polar surface area (TPSA) is 73.7 Å². The Hall–Kier alpha value is -1.89. The molecule has 3 rings (SSSR count). The Labute approximate surface area is 146 Å². The van der Waals surface area contributed by atoms with Gasteiger partial charge in [0.1, 0.15) is 12.4 Å². The molecule has 1 heterocycles. The van der Waals surface area contributed by atoms with E-state index in [1.54, 1.807) is 11.8 Å². The van der Waals surface area contributed by atoms with Crippen molar-refractivity contribution in [1.29, 1.82) is 0 Å². The van der Waals surface area contributed by atoms with E-state index in [1.807, 2.05) is 30.3 Å². The van der Waals surface area contributed by atoms with Crippen LogP contribution in [0.3, 0.4) is 0 Å². The number of nitrogens with zero attached hydrogens (tertiary/aromatic N) is 1. The molecule has 1 saturated heterocycles. The van der Waals surface area contributed by atoms with Crippen LogP contribution in [-0.2, 0) is 4.74 Å². The first-order valence-electron chi connectivity index (χ1n) is 8.06. The van der Waals surface area contributed by atoms with Crippen molar-refractivity contribution in [2.75, 3.05) is 50.9 Å². The average Bonchev–Trinajstić information content (AvgIpc) is 2.61. The molecule has 0 amide bonds. The molecule has 4 N–H and O–H groups in total. The van der Waals surface area contributed by atoms with E-state index in [0.29, 0.717) is 18.0 Å². The maximum absolute atomic E-state index is 5.84. The van der Waals surface area contributed by atoms with Crippen molar-refractivity contribution in [3.05, 3.63) is 42.5 Å². The molecule has 0 aromatic heterocycles. The Balaban J connectivity index is 1.48. The van der Waals surface area contributed by atoms with Gasteiger partial charge in [-0.3, -0.25) is 4.90 Å². The van der Waals surface area contributed by atoms with E-state index in [2.05, 4.69) is 17.0 Å². The predicted molar refractivity (Wildman–Crippen MR) is 98.6 cm³/mol. The summed E-state index contributed by atoms with van der Waals surface area (Å²) in [5, 5.41) is 0. The Morgan fingerprint density at radius 2 is 1.67 bits per heavy atom. The molecule has 0 atom stereocenters. The highest BCUT2D eigenvalue weighted by atomic mass is 32.2. The van der Waals surface area contributed by atoms with Crippen LogP contribution in [0.4, 0.5) is 11.4 Å². The molecule has 128 valence electrons. The number of hydrogen-bond acceptors (Lipinski definition) is 6. The summed E-state index contributed by atoms with van der Waals surface area (Å²) in [6.07, 6.45) is 0. The van der Waals surface area contributed by atoms with E-state index in [0.717, 1.165) is 48.4 Å². The highest BCUT2D eigenvalue weighted by Gasteiger charge is 2.09. The van der Waals surface area contributed by atoms with Gasteiger partial charge in [-0.05, 0) is 42.5 Å². The molecule has 1 fully saturated rings. The maximum Gasteiger partial charge on any atom is 0.119 e. The zero-order chi connectivity index (χ0) is 16.8. The van der Waals surface area contributed by atoms with Gasteiger partial charge in [-0.15, -0.1) is 0 Å². The highest BCUT2D eigenvalue weighted by Crippen LogP contribution is 2.31. The van der Waals surface area contributed by atoms with Crippen LogP contribution in [0, 0.1) is 0 Å². The van der Waals surface area contributed by atoms with Gasteiger partial charge < -0.3 is 20.9 Å². The minimum atomic E-state index is 0.614. The van der Waals surface area contributed by atoms with Crippen molar-refractivity contribution >= 4 is 23.1 Å². The van der Waals surface area contributed by atoms with Crippen LogP contribution in [0.25, 0.3) is 0 Å². The third-order valence-electron chi connectivity index (χ3n) is 3.90. The fourth-order valence-corrected chi connectivity index (χ4v) is 3.34. The Morgan fingerprint density at radius 1 is 0.958 bits per heavy atom. The SMILES string of the molecule is Nc1ccc(Sc2ccc(OCCN3CCOCC3)cc2)cc1N. The van der Waals surface area contributed by atoms with E-state index in [-0.39, 0.29) is 0 Å². The number of benzene rings is 2. The Morgan fingerprint density at radius 3 is 2.38 bits per heavy atom. The largest absolute Gasteiger partial charge is 0.492 e. The second-order valence-electron chi connectivity index (χ2n) is 5.67. The van der Waals surface area contributed by atoms with Crippen LogP contribution >= 0.6 is 11.8 Å². The lowest BCUT2D eigenvalue weighted by Crippen LogP contribution is -2.38. The normalized spacial score (nSPS) is 15.3. The fraction of sp³-hybridized carbons (Fsp3) is 0.333. The van der Waals surface area contributed by atoms with E-state index in [4.69, 9.17) is 20.9 Å². The first-order chi connectivity index (χ1) is 11.7. The van der Waals surface area contributed by atoms with Gasteiger partial charge in [0.25, 0.3) is 0 Å². The van der Waals surface area contributed by atoms with Crippen LogP contribution < -0.4 is 16.2 Å². The lowest BCUT2D eigenvalue weighted by molar-refractivity contribution is 0.0322. The van der Waals surface area contributed by atoms with Gasteiger partial charge in [0.05, 0.1) is 24.6 Å². The monoisotopic (exact) mass is 345 g/mol. The zero-order valence-corrected chi connectivity index (χ0v) is 14.4. The van der Waals surface area contributed by atoms with Crippen LogP contribution in [0.15, 0.2) is 52.3 Å². The molecule has 2 aromatic rings. The third kappa shape index (κ3) is 4.80. The van der Waals surface area contributed by atoms with Crippen LogP contribution in [0.5, 0.6) is 5.75 Å². The summed E-state index contributed by atoms with van der Waals surface area (Å²) in [4.78, 5) is 4.57. The van der Waals surface area contributed by atoms with Gasteiger partial charge in [-0.1, -0.05) is 11.8 Å². The molecule has 6 heteroatoms. The molecule has 1 aliphatic rings. The Kier molecular flexibility index (Phi) is 5.85. The van der Waals surface area contributed by atoms with Gasteiger partial charge in [-0.2, -0.15) is 0 Å². The molecule has 0 radical (unpaired) electrons. The zero-order valence-electron chi connectivity index (χ0n) is 13.6. The smallest absolute Gasteiger partial charge is 0.119 e. The number of nitrogen functional groups attached to an aromatic ring is 2. The standard InChI is InChI=1S/C18H23N3O2S/c19-17-6-5-16(13-18(17)20)24-15-3-1-14(2-4-15)23-12-9-21-7-10-22-11-8-21/h1-6,13H,7-12,19-20H2. The number of ether oxygens (including phenoxy) is 2. The lowest BCUT2D eigenvalue weighted by Gasteiger charge is -2.26. The summed E-state index contributed by atoms with van der Waals surface area (Å²) < 4.78 is 11.2.